The molecule has 0 aliphatic rings. The number of anilines is 1. The van der Waals surface area contributed by atoms with Crippen molar-refractivity contribution in [2.75, 3.05) is 5.32 Å². The molecule has 0 unspecified atom stereocenters. The van der Waals surface area contributed by atoms with E-state index in [4.69, 9.17) is 11.6 Å². The molecule has 76 valence electrons. The van der Waals surface area contributed by atoms with Gasteiger partial charge in [0.2, 0.25) is 0 Å². The Morgan fingerprint density at radius 2 is 2.14 bits per heavy atom. The molecule has 0 spiro atoms. The van der Waals surface area contributed by atoms with Gasteiger partial charge in [0, 0.05) is 17.1 Å². The van der Waals surface area contributed by atoms with E-state index in [1.165, 1.54) is 6.07 Å². The van der Waals surface area contributed by atoms with E-state index in [2.05, 4.69) is 5.32 Å². The number of nitro groups is 1. The normalized spacial score (nSPS) is 10.3. The first kappa shape index (κ1) is 10.8. The number of halogens is 1. The molecule has 0 aliphatic carbocycles. The summed E-state index contributed by atoms with van der Waals surface area (Å²) in [7, 11) is 0. The minimum atomic E-state index is -0.448. The van der Waals surface area contributed by atoms with E-state index in [-0.39, 0.29) is 11.7 Å². The standard InChI is InChI=1S/C9H11ClN2O2/c1-6(2)11-8-4-3-7(10)5-9(8)12(13)14/h3-6,11H,1-2H3. The number of nitrogens with one attached hydrogen (secondary N) is 1. The Kier molecular flexibility index (Phi) is 3.30. The van der Waals surface area contributed by atoms with Gasteiger partial charge < -0.3 is 5.32 Å². The molecule has 5 heteroatoms. The molecule has 0 saturated heterocycles. The summed E-state index contributed by atoms with van der Waals surface area (Å²) in [5.41, 5.74) is 0.501. The Hall–Kier alpha value is -1.29. The molecule has 0 aliphatic heterocycles. The van der Waals surface area contributed by atoms with Gasteiger partial charge in [0.15, 0.2) is 0 Å². The molecular weight excluding hydrogens is 204 g/mol. The van der Waals surface area contributed by atoms with Crippen LogP contribution in [0, 0.1) is 10.1 Å². The molecule has 4 nitrogen and oxygen atoms in total. The smallest absolute Gasteiger partial charge is 0.293 e. The van der Waals surface area contributed by atoms with Crippen molar-refractivity contribution in [1.82, 2.24) is 0 Å². The van der Waals surface area contributed by atoms with E-state index in [0.717, 1.165) is 0 Å². The van der Waals surface area contributed by atoms with E-state index >= 15 is 0 Å². The second-order valence-electron chi connectivity index (χ2n) is 3.22. The largest absolute Gasteiger partial charge is 0.377 e. The van der Waals surface area contributed by atoms with Crippen LogP contribution in [0.15, 0.2) is 18.2 Å². The van der Waals surface area contributed by atoms with Crippen LogP contribution in [0.4, 0.5) is 11.4 Å². The monoisotopic (exact) mass is 214 g/mol. The maximum absolute atomic E-state index is 10.7. The van der Waals surface area contributed by atoms with Crippen LogP contribution in [-0.4, -0.2) is 11.0 Å². The third-order valence-electron chi connectivity index (χ3n) is 1.60. The van der Waals surface area contributed by atoms with Gasteiger partial charge in [-0.1, -0.05) is 11.6 Å². The van der Waals surface area contributed by atoms with Crippen LogP contribution in [0.5, 0.6) is 0 Å². The van der Waals surface area contributed by atoms with Crippen LogP contribution in [0.25, 0.3) is 0 Å². The van der Waals surface area contributed by atoms with Crippen molar-refractivity contribution in [2.24, 2.45) is 0 Å². The summed E-state index contributed by atoms with van der Waals surface area (Å²) in [6.07, 6.45) is 0. The second kappa shape index (κ2) is 4.28. The first-order valence-electron chi connectivity index (χ1n) is 4.21. The highest BCUT2D eigenvalue weighted by Crippen LogP contribution is 2.27. The lowest BCUT2D eigenvalue weighted by Crippen LogP contribution is -2.11. The summed E-state index contributed by atoms with van der Waals surface area (Å²) in [5, 5.41) is 14.0. The maximum atomic E-state index is 10.7. The van der Waals surface area contributed by atoms with E-state index in [9.17, 15) is 10.1 Å². The van der Waals surface area contributed by atoms with Crippen LogP contribution >= 0.6 is 11.6 Å². The molecule has 0 bridgehead atoms. The van der Waals surface area contributed by atoms with Crippen LogP contribution in [0.3, 0.4) is 0 Å². The number of nitrogens with zero attached hydrogens (tertiary/aromatic N) is 1. The van der Waals surface area contributed by atoms with Gasteiger partial charge >= 0.3 is 0 Å². The fourth-order valence-electron chi connectivity index (χ4n) is 1.09. The van der Waals surface area contributed by atoms with Crippen LogP contribution < -0.4 is 5.32 Å². The number of nitro benzene ring substituents is 1. The molecule has 0 radical (unpaired) electrons. The third kappa shape index (κ3) is 2.60. The van der Waals surface area contributed by atoms with Crippen molar-refractivity contribution >= 4 is 23.0 Å². The topological polar surface area (TPSA) is 55.2 Å². The van der Waals surface area contributed by atoms with Crippen molar-refractivity contribution < 1.29 is 4.92 Å². The number of rotatable bonds is 3. The minimum absolute atomic E-state index is 0.00574. The Morgan fingerprint density at radius 3 is 2.64 bits per heavy atom. The van der Waals surface area contributed by atoms with Gasteiger partial charge in [0.05, 0.1) is 4.92 Å². The summed E-state index contributed by atoms with van der Waals surface area (Å²) in [5.74, 6) is 0. The molecule has 0 atom stereocenters. The predicted octanol–water partition coefficient (Wildman–Crippen LogP) is 3.07. The zero-order valence-corrected chi connectivity index (χ0v) is 8.71. The van der Waals surface area contributed by atoms with Crippen molar-refractivity contribution in [2.45, 2.75) is 19.9 Å². The second-order valence-corrected chi connectivity index (χ2v) is 3.65. The van der Waals surface area contributed by atoms with Crippen molar-refractivity contribution in [3.63, 3.8) is 0 Å². The molecule has 1 rings (SSSR count). The molecule has 0 aromatic heterocycles. The highest BCUT2D eigenvalue weighted by atomic mass is 35.5. The average molecular weight is 215 g/mol. The van der Waals surface area contributed by atoms with Gasteiger partial charge in [-0.15, -0.1) is 0 Å². The molecule has 1 aromatic carbocycles. The molecule has 14 heavy (non-hydrogen) atoms. The fraction of sp³-hybridized carbons (Fsp3) is 0.333. The highest BCUT2D eigenvalue weighted by molar-refractivity contribution is 6.30. The summed E-state index contributed by atoms with van der Waals surface area (Å²) in [6.45, 7) is 3.83. The van der Waals surface area contributed by atoms with Crippen molar-refractivity contribution in [1.29, 1.82) is 0 Å². The van der Waals surface area contributed by atoms with Gasteiger partial charge in [-0.05, 0) is 26.0 Å². The quantitative estimate of drug-likeness (QED) is 0.622. The first-order valence-corrected chi connectivity index (χ1v) is 4.59. The van der Waals surface area contributed by atoms with E-state index < -0.39 is 4.92 Å². The summed E-state index contributed by atoms with van der Waals surface area (Å²) < 4.78 is 0. The number of hydrogen-bond donors (Lipinski definition) is 1. The average Bonchev–Trinajstić information content (AvgIpc) is 2.07. The van der Waals surface area contributed by atoms with Crippen molar-refractivity contribution in [3.8, 4) is 0 Å². The SMILES string of the molecule is CC(C)Nc1ccc(Cl)cc1[N+](=O)[O-]. The lowest BCUT2D eigenvalue weighted by molar-refractivity contribution is -0.384. The van der Waals surface area contributed by atoms with Crippen LogP contribution in [0.1, 0.15) is 13.8 Å². The molecule has 0 fully saturated rings. The Bertz CT molecular complexity index is 353. The minimum Gasteiger partial charge on any atom is -0.377 e. The fourth-order valence-corrected chi connectivity index (χ4v) is 1.26. The number of benzene rings is 1. The van der Waals surface area contributed by atoms with Crippen molar-refractivity contribution in [3.05, 3.63) is 33.3 Å². The first-order chi connectivity index (χ1) is 6.50. The van der Waals surface area contributed by atoms with Gasteiger partial charge in [0.25, 0.3) is 5.69 Å². The Balaban J connectivity index is 3.08. The lowest BCUT2D eigenvalue weighted by Gasteiger charge is -2.09. The van der Waals surface area contributed by atoms with E-state index in [1.807, 2.05) is 13.8 Å². The Labute approximate surface area is 87.0 Å². The van der Waals surface area contributed by atoms with E-state index in [1.54, 1.807) is 12.1 Å². The molecule has 0 amide bonds. The van der Waals surface area contributed by atoms with Gasteiger partial charge in [-0.2, -0.15) is 0 Å². The maximum Gasteiger partial charge on any atom is 0.293 e. The molecule has 0 saturated carbocycles. The highest BCUT2D eigenvalue weighted by Gasteiger charge is 2.14. The van der Waals surface area contributed by atoms with E-state index in [0.29, 0.717) is 10.7 Å². The van der Waals surface area contributed by atoms with Crippen LogP contribution in [0.2, 0.25) is 5.02 Å². The molecular formula is C9H11ClN2O2. The number of hydrogen-bond acceptors (Lipinski definition) is 3. The zero-order valence-electron chi connectivity index (χ0n) is 7.95. The molecule has 1 N–H and O–H groups in total. The summed E-state index contributed by atoms with van der Waals surface area (Å²) >= 11 is 5.67. The van der Waals surface area contributed by atoms with Gasteiger partial charge in [0.1, 0.15) is 5.69 Å². The molecule has 0 heterocycles. The zero-order chi connectivity index (χ0) is 10.7. The molecule has 1 aromatic rings. The summed E-state index contributed by atoms with van der Waals surface area (Å²) in [6, 6.07) is 4.72. The lowest BCUT2D eigenvalue weighted by atomic mass is 10.2. The summed E-state index contributed by atoms with van der Waals surface area (Å²) in [4.78, 5) is 10.2. The third-order valence-corrected chi connectivity index (χ3v) is 1.84. The van der Waals surface area contributed by atoms with Gasteiger partial charge in [-0.25, -0.2) is 0 Å². The predicted molar refractivity (Wildman–Crippen MR) is 56.9 cm³/mol. The van der Waals surface area contributed by atoms with Crippen LogP contribution in [-0.2, 0) is 0 Å². The Morgan fingerprint density at radius 1 is 1.50 bits per heavy atom. The van der Waals surface area contributed by atoms with Gasteiger partial charge in [-0.3, -0.25) is 10.1 Å².